The second kappa shape index (κ2) is 12.7. The van der Waals surface area contributed by atoms with Gasteiger partial charge >= 0.3 is 0 Å². The van der Waals surface area contributed by atoms with Crippen LogP contribution >= 0.6 is 24.0 Å². The third kappa shape index (κ3) is 6.57. The maximum atomic E-state index is 5.46. The molecular weight excluding hydrogens is 529 g/mol. The van der Waals surface area contributed by atoms with Crippen LogP contribution in [0.1, 0.15) is 37.2 Å². The fourth-order valence-electron chi connectivity index (χ4n) is 4.21. The first-order chi connectivity index (χ1) is 15.8. The highest BCUT2D eigenvalue weighted by molar-refractivity contribution is 14.0. The molecule has 0 aliphatic carbocycles. The molecule has 33 heavy (non-hydrogen) atoms. The van der Waals surface area contributed by atoms with Crippen LogP contribution in [0.25, 0.3) is 5.65 Å². The molecule has 2 aromatic heterocycles. The van der Waals surface area contributed by atoms with E-state index in [1.165, 1.54) is 18.4 Å². The minimum Gasteiger partial charge on any atom is -0.497 e. The number of ether oxygens (including phenoxy) is 1. The van der Waals surface area contributed by atoms with E-state index in [-0.39, 0.29) is 30.0 Å². The lowest BCUT2D eigenvalue weighted by Crippen LogP contribution is -2.39. The summed E-state index contributed by atoms with van der Waals surface area (Å²) in [5.41, 5.74) is 2.12. The number of guanidine groups is 1. The zero-order chi connectivity index (χ0) is 22.2. The number of pyridine rings is 1. The van der Waals surface area contributed by atoms with Crippen LogP contribution in [0, 0.1) is 0 Å². The first kappa shape index (κ1) is 25.2. The van der Waals surface area contributed by atoms with Crippen LogP contribution < -0.4 is 15.4 Å². The fourth-order valence-corrected chi connectivity index (χ4v) is 4.21. The molecule has 2 N–H and O–H groups in total. The molecule has 1 aliphatic heterocycles. The van der Waals surface area contributed by atoms with Crippen LogP contribution in [0.4, 0.5) is 0 Å². The summed E-state index contributed by atoms with van der Waals surface area (Å²) in [6.45, 7) is 6.55. The summed E-state index contributed by atoms with van der Waals surface area (Å²) in [6.07, 6.45) is 5.25. The van der Waals surface area contributed by atoms with Crippen molar-refractivity contribution >= 4 is 35.6 Å². The van der Waals surface area contributed by atoms with Gasteiger partial charge in [-0.15, -0.1) is 34.2 Å². The monoisotopic (exact) mass is 563 g/mol. The molecule has 8 nitrogen and oxygen atoms in total. The molecule has 1 aliphatic rings. The Balaban J connectivity index is 0.00000306. The van der Waals surface area contributed by atoms with Gasteiger partial charge in [-0.3, -0.25) is 14.3 Å². The number of hydrogen-bond acceptors (Lipinski definition) is 5. The van der Waals surface area contributed by atoms with Crippen molar-refractivity contribution in [2.45, 2.75) is 32.2 Å². The van der Waals surface area contributed by atoms with Crippen molar-refractivity contribution in [3.05, 3.63) is 60.0 Å². The molecule has 0 saturated carbocycles. The number of aromatic nitrogens is 3. The normalized spacial score (nSPS) is 15.3. The van der Waals surface area contributed by atoms with E-state index in [0.717, 1.165) is 55.8 Å². The van der Waals surface area contributed by atoms with Gasteiger partial charge in [0.05, 0.1) is 19.7 Å². The molecule has 9 heteroatoms. The summed E-state index contributed by atoms with van der Waals surface area (Å²) in [5.74, 6) is 2.66. The molecule has 0 amide bonds. The number of methoxy groups -OCH3 is 1. The molecule has 1 unspecified atom stereocenters. The number of halogens is 1. The van der Waals surface area contributed by atoms with Crippen LogP contribution in [0.3, 0.4) is 0 Å². The number of rotatable bonds is 9. The van der Waals surface area contributed by atoms with Gasteiger partial charge in [0.25, 0.3) is 0 Å². The number of nitrogens with one attached hydrogen (secondary N) is 2. The van der Waals surface area contributed by atoms with Gasteiger partial charge in [-0.2, -0.15) is 0 Å². The van der Waals surface area contributed by atoms with E-state index < -0.39 is 0 Å². The average Bonchev–Trinajstić information content (AvgIpc) is 3.50. The Hall–Kier alpha value is -2.40. The van der Waals surface area contributed by atoms with E-state index in [1.54, 1.807) is 7.11 Å². The maximum absolute atomic E-state index is 5.46. The first-order valence-electron chi connectivity index (χ1n) is 11.5. The maximum Gasteiger partial charge on any atom is 0.191 e. The Bertz CT molecular complexity index is 1030. The van der Waals surface area contributed by atoms with Crippen LogP contribution in [-0.4, -0.2) is 65.3 Å². The summed E-state index contributed by atoms with van der Waals surface area (Å²) in [7, 11) is 1.72. The predicted octanol–water partition coefficient (Wildman–Crippen LogP) is 3.29. The Morgan fingerprint density at radius 2 is 1.97 bits per heavy atom. The molecule has 4 rings (SSSR count). The molecule has 1 saturated heterocycles. The third-order valence-electron chi connectivity index (χ3n) is 5.85. The van der Waals surface area contributed by atoms with Crippen molar-refractivity contribution in [1.29, 1.82) is 0 Å². The molecule has 3 heterocycles. The number of fused-ring (bicyclic) bond motifs is 1. The lowest BCUT2D eigenvalue weighted by molar-refractivity contribution is 0.251. The SMILES string of the molecule is CCNC(=NCC(c1cccc(OC)c1)N1CCCC1)NCCc1nnc2ccccn12.I. The number of nitrogens with zero attached hydrogens (tertiary/aromatic N) is 5. The van der Waals surface area contributed by atoms with Gasteiger partial charge in [-0.05, 0) is 62.7 Å². The van der Waals surface area contributed by atoms with Crippen LogP contribution in [0.2, 0.25) is 0 Å². The van der Waals surface area contributed by atoms with E-state index in [0.29, 0.717) is 6.54 Å². The van der Waals surface area contributed by atoms with Gasteiger partial charge in [0.1, 0.15) is 11.6 Å². The molecule has 1 atom stereocenters. The molecule has 178 valence electrons. The largest absolute Gasteiger partial charge is 0.497 e. The topological polar surface area (TPSA) is 79.1 Å². The summed E-state index contributed by atoms with van der Waals surface area (Å²) in [5, 5.41) is 15.4. The van der Waals surface area contributed by atoms with Crippen LogP contribution in [0.15, 0.2) is 53.7 Å². The molecule has 3 aromatic rings. The zero-order valence-electron chi connectivity index (χ0n) is 19.4. The Labute approximate surface area is 212 Å². The van der Waals surface area contributed by atoms with Crippen molar-refractivity contribution in [2.75, 3.05) is 39.8 Å². The third-order valence-corrected chi connectivity index (χ3v) is 5.85. The van der Waals surface area contributed by atoms with Crippen LogP contribution in [0.5, 0.6) is 5.75 Å². The molecule has 1 fully saturated rings. The standard InChI is InChI=1S/C24H33N7O.HI/c1-3-25-24(26-13-12-23-29-28-22-11-4-5-16-31(22)23)27-18-21(30-14-6-7-15-30)19-9-8-10-20(17-19)32-2;/h4-5,8-11,16-17,21H,3,6-7,12-15,18H2,1-2H3,(H2,25,26,27);1H. The van der Waals surface area contributed by atoms with Crippen molar-refractivity contribution < 1.29 is 4.74 Å². The lowest BCUT2D eigenvalue weighted by Gasteiger charge is -2.27. The van der Waals surface area contributed by atoms with Crippen LogP contribution in [-0.2, 0) is 6.42 Å². The van der Waals surface area contributed by atoms with E-state index in [2.05, 4.69) is 50.9 Å². The summed E-state index contributed by atoms with van der Waals surface area (Å²) in [6, 6.07) is 14.5. The lowest BCUT2D eigenvalue weighted by atomic mass is 10.1. The van der Waals surface area contributed by atoms with Gasteiger partial charge in [-0.25, -0.2) is 0 Å². The highest BCUT2D eigenvalue weighted by Crippen LogP contribution is 2.27. The van der Waals surface area contributed by atoms with Gasteiger partial charge in [0.2, 0.25) is 0 Å². The van der Waals surface area contributed by atoms with E-state index in [1.807, 2.05) is 34.9 Å². The number of benzene rings is 1. The van der Waals surface area contributed by atoms with Gasteiger partial charge < -0.3 is 15.4 Å². The fraction of sp³-hybridized carbons (Fsp3) is 0.458. The van der Waals surface area contributed by atoms with Gasteiger partial charge in [0, 0.05) is 25.7 Å². The minimum absolute atomic E-state index is 0. The quantitative estimate of drug-likeness (QED) is 0.237. The molecule has 1 aromatic carbocycles. The van der Waals surface area contributed by atoms with E-state index in [4.69, 9.17) is 9.73 Å². The van der Waals surface area contributed by atoms with Crippen molar-refractivity contribution in [1.82, 2.24) is 30.1 Å². The summed E-state index contributed by atoms with van der Waals surface area (Å²) < 4.78 is 7.48. The van der Waals surface area contributed by atoms with Crippen molar-refractivity contribution in [3.8, 4) is 5.75 Å². The summed E-state index contributed by atoms with van der Waals surface area (Å²) in [4.78, 5) is 7.47. The van der Waals surface area contributed by atoms with E-state index in [9.17, 15) is 0 Å². The Kier molecular flexibility index (Phi) is 9.74. The highest BCUT2D eigenvalue weighted by atomic mass is 127. The first-order valence-corrected chi connectivity index (χ1v) is 11.5. The Morgan fingerprint density at radius 1 is 1.12 bits per heavy atom. The number of aliphatic imine (C=N–C) groups is 1. The second-order valence-electron chi connectivity index (χ2n) is 7.98. The second-order valence-corrected chi connectivity index (χ2v) is 7.98. The predicted molar refractivity (Wildman–Crippen MR) is 143 cm³/mol. The zero-order valence-corrected chi connectivity index (χ0v) is 21.7. The van der Waals surface area contributed by atoms with Gasteiger partial charge in [-0.1, -0.05) is 18.2 Å². The molecular formula is C24H34IN7O. The number of likely N-dealkylation sites (tertiary alicyclic amines) is 1. The molecule has 0 radical (unpaired) electrons. The number of hydrogen-bond donors (Lipinski definition) is 2. The highest BCUT2D eigenvalue weighted by Gasteiger charge is 2.23. The minimum atomic E-state index is 0. The van der Waals surface area contributed by atoms with Crippen molar-refractivity contribution in [2.24, 2.45) is 4.99 Å². The average molecular weight is 563 g/mol. The molecule has 0 spiro atoms. The Morgan fingerprint density at radius 3 is 2.76 bits per heavy atom. The van der Waals surface area contributed by atoms with Crippen molar-refractivity contribution in [3.63, 3.8) is 0 Å². The molecule has 0 bridgehead atoms. The summed E-state index contributed by atoms with van der Waals surface area (Å²) >= 11 is 0. The van der Waals surface area contributed by atoms with E-state index >= 15 is 0 Å². The smallest absolute Gasteiger partial charge is 0.191 e. The van der Waals surface area contributed by atoms with Gasteiger partial charge in [0.15, 0.2) is 11.6 Å².